The molecule has 0 spiro atoms. The summed E-state index contributed by atoms with van der Waals surface area (Å²) in [5, 5.41) is 0. The molecule has 1 fully saturated rings. The van der Waals surface area contributed by atoms with Crippen molar-refractivity contribution in [2.45, 2.75) is 71.6 Å². The van der Waals surface area contributed by atoms with Crippen LogP contribution in [0.2, 0.25) is 0 Å². The van der Waals surface area contributed by atoms with Crippen molar-refractivity contribution in [1.29, 1.82) is 0 Å². The Morgan fingerprint density at radius 2 is 1.46 bits per heavy atom. The molecule has 0 radical (unpaired) electrons. The maximum Gasteiger partial charge on any atom is -0.0318 e. The van der Waals surface area contributed by atoms with Crippen LogP contribution in [0, 0.1) is 0 Å². The third-order valence-corrected chi connectivity index (χ3v) is 3.06. The van der Waals surface area contributed by atoms with Gasteiger partial charge in [0.1, 0.15) is 0 Å². The molecular formula is C13H24. The molecule has 1 aliphatic rings. The van der Waals surface area contributed by atoms with Crippen LogP contribution in [0.4, 0.5) is 0 Å². The van der Waals surface area contributed by atoms with E-state index in [4.69, 9.17) is 0 Å². The molecule has 0 aromatic carbocycles. The van der Waals surface area contributed by atoms with Crippen LogP contribution >= 0.6 is 0 Å². The van der Waals surface area contributed by atoms with E-state index in [9.17, 15) is 0 Å². The van der Waals surface area contributed by atoms with Crippen LogP contribution in [-0.2, 0) is 0 Å². The Balaban J connectivity index is 2.55. The average Bonchev–Trinajstić information content (AvgIpc) is 2.19. The first kappa shape index (κ1) is 10.8. The predicted molar refractivity (Wildman–Crippen MR) is 59.9 cm³/mol. The van der Waals surface area contributed by atoms with Crippen molar-refractivity contribution in [3.8, 4) is 0 Å². The Kier molecular flexibility index (Phi) is 5.19. The minimum absolute atomic E-state index is 1.33. The van der Waals surface area contributed by atoms with Gasteiger partial charge in [0.2, 0.25) is 0 Å². The molecule has 0 aromatic rings. The van der Waals surface area contributed by atoms with Gasteiger partial charge in [-0.3, -0.25) is 0 Å². The molecule has 0 aliphatic heterocycles. The molecule has 0 atom stereocenters. The molecule has 0 heteroatoms. The fourth-order valence-corrected chi connectivity index (χ4v) is 2.41. The molecule has 0 aromatic heterocycles. The van der Waals surface area contributed by atoms with Gasteiger partial charge in [0, 0.05) is 0 Å². The second-order valence-corrected chi connectivity index (χ2v) is 4.27. The van der Waals surface area contributed by atoms with Crippen LogP contribution in [-0.4, -0.2) is 0 Å². The molecule has 0 saturated heterocycles. The number of hydrogen-bond donors (Lipinski definition) is 0. The van der Waals surface area contributed by atoms with Gasteiger partial charge in [0.25, 0.3) is 0 Å². The van der Waals surface area contributed by atoms with E-state index in [2.05, 4.69) is 13.8 Å². The van der Waals surface area contributed by atoms with E-state index in [1.165, 1.54) is 57.8 Å². The summed E-state index contributed by atoms with van der Waals surface area (Å²) in [6, 6.07) is 0. The fraction of sp³-hybridized carbons (Fsp3) is 0.846. The Bertz CT molecular complexity index is 149. The summed E-state index contributed by atoms with van der Waals surface area (Å²) in [5.41, 5.74) is 3.64. The van der Waals surface area contributed by atoms with Crippen molar-refractivity contribution in [2.24, 2.45) is 0 Å². The average molecular weight is 180 g/mol. The molecule has 0 amide bonds. The molecule has 1 rings (SSSR count). The molecule has 0 nitrogen and oxygen atoms in total. The van der Waals surface area contributed by atoms with Gasteiger partial charge < -0.3 is 0 Å². The lowest BCUT2D eigenvalue weighted by Gasteiger charge is -2.19. The van der Waals surface area contributed by atoms with Crippen molar-refractivity contribution in [2.75, 3.05) is 0 Å². The molecule has 1 aliphatic carbocycles. The van der Waals surface area contributed by atoms with Gasteiger partial charge in [-0.2, -0.15) is 0 Å². The van der Waals surface area contributed by atoms with E-state index in [1.807, 2.05) is 11.1 Å². The van der Waals surface area contributed by atoms with Gasteiger partial charge in [0.15, 0.2) is 0 Å². The van der Waals surface area contributed by atoms with E-state index < -0.39 is 0 Å². The quantitative estimate of drug-likeness (QED) is 0.543. The topological polar surface area (TPSA) is 0 Å². The van der Waals surface area contributed by atoms with Gasteiger partial charge in [-0.1, -0.05) is 44.3 Å². The van der Waals surface area contributed by atoms with E-state index in [1.54, 1.807) is 0 Å². The molecule has 0 N–H and O–H groups in total. The monoisotopic (exact) mass is 180 g/mol. The lowest BCUT2D eigenvalue weighted by molar-refractivity contribution is 0.582. The zero-order valence-electron chi connectivity index (χ0n) is 9.36. The highest BCUT2D eigenvalue weighted by molar-refractivity contribution is 5.15. The second-order valence-electron chi connectivity index (χ2n) is 4.27. The maximum atomic E-state index is 2.30. The SMILES string of the molecule is CCCC(CCC)=C1CCCCC1. The summed E-state index contributed by atoms with van der Waals surface area (Å²) in [6.45, 7) is 4.61. The smallest absolute Gasteiger partial charge is 0.0318 e. The van der Waals surface area contributed by atoms with Crippen LogP contribution in [0.15, 0.2) is 11.1 Å². The third-order valence-electron chi connectivity index (χ3n) is 3.06. The highest BCUT2D eigenvalue weighted by Gasteiger charge is 2.09. The molecule has 1 saturated carbocycles. The lowest BCUT2D eigenvalue weighted by Crippen LogP contribution is -1.99. The van der Waals surface area contributed by atoms with Crippen molar-refractivity contribution in [3.63, 3.8) is 0 Å². The first-order valence-corrected chi connectivity index (χ1v) is 6.08. The number of allylic oxidation sites excluding steroid dienone is 2. The van der Waals surface area contributed by atoms with Crippen LogP contribution in [0.3, 0.4) is 0 Å². The van der Waals surface area contributed by atoms with E-state index in [0.29, 0.717) is 0 Å². The Labute approximate surface area is 83.4 Å². The summed E-state index contributed by atoms with van der Waals surface area (Å²) in [4.78, 5) is 0. The molecular weight excluding hydrogens is 156 g/mol. The summed E-state index contributed by atoms with van der Waals surface area (Å²) in [5.74, 6) is 0. The van der Waals surface area contributed by atoms with Gasteiger partial charge in [-0.05, 0) is 38.5 Å². The standard InChI is InChI=1S/C13H24/c1-3-8-12(9-4-2)13-10-6-5-7-11-13/h3-11H2,1-2H3. The van der Waals surface area contributed by atoms with Gasteiger partial charge >= 0.3 is 0 Å². The minimum atomic E-state index is 1.33. The molecule has 0 heterocycles. The lowest BCUT2D eigenvalue weighted by atomic mass is 9.88. The van der Waals surface area contributed by atoms with Gasteiger partial charge in [-0.25, -0.2) is 0 Å². The zero-order valence-corrected chi connectivity index (χ0v) is 9.36. The summed E-state index contributed by atoms with van der Waals surface area (Å²) in [6.07, 6.45) is 12.6. The van der Waals surface area contributed by atoms with Crippen molar-refractivity contribution in [3.05, 3.63) is 11.1 Å². The van der Waals surface area contributed by atoms with Crippen LogP contribution < -0.4 is 0 Å². The molecule has 0 unspecified atom stereocenters. The minimum Gasteiger partial charge on any atom is -0.0710 e. The van der Waals surface area contributed by atoms with E-state index in [0.717, 1.165) is 0 Å². The largest absolute Gasteiger partial charge is 0.0710 e. The molecule has 0 bridgehead atoms. The Morgan fingerprint density at radius 1 is 0.923 bits per heavy atom. The highest BCUT2D eigenvalue weighted by Crippen LogP contribution is 2.29. The van der Waals surface area contributed by atoms with Crippen molar-refractivity contribution >= 4 is 0 Å². The van der Waals surface area contributed by atoms with Gasteiger partial charge in [-0.15, -0.1) is 0 Å². The van der Waals surface area contributed by atoms with E-state index >= 15 is 0 Å². The van der Waals surface area contributed by atoms with Crippen LogP contribution in [0.1, 0.15) is 71.6 Å². The van der Waals surface area contributed by atoms with Crippen LogP contribution in [0.5, 0.6) is 0 Å². The molecule has 13 heavy (non-hydrogen) atoms. The first-order valence-electron chi connectivity index (χ1n) is 6.08. The molecule has 76 valence electrons. The number of hydrogen-bond acceptors (Lipinski definition) is 0. The van der Waals surface area contributed by atoms with E-state index in [-0.39, 0.29) is 0 Å². The second kappa shape index (κ2) is 6.23. The summed E-state index contributed by atoms with van der Waals surface area (Å²) >= 11 is 0. The predicted octanol–water partition coefficient (Wildman–Crippen LogP) is 4.85. The van der Waals surface area contributed by atoms with Crippen molar-refractivity contribution < 1.29 is 0 Å². The number of rotatable bonds is 4. The third kappa shape index (κ3) is 3.54. The van der Waals surface area contributed by atoms with Crippen LogP contribution in [0.25, 0.3) is 0 Å². The Morgan fingerprint density at radius 3 is 1.92 bits per heavy atom. The first-order chi connectivity index (χ1) is 6.38. The normalized spacial score (nSPS) is 17.5. The van der Waals surface area contributed by atoms with Gasteiger partial charge in [0.05, 0.1) is 0 Å². The maximum absolute atomic E-state index is 2.30. The Hall–Kier alpha value is -0.260. The fourth-order valence-electron chi connectivity index (χ4n) is 2.41. The van der Waals surface area contributed by atoms with Crippen molar-refractivity contribution in [1.82, 2.24) is 0 Å². The summed E-state index contributed by atoms with van der Waals surface area (Å²) in [7, 11) is 0. The highest BCUT2D eigenvalue weighted by atomic mass is 14.2. The summed E-state index contributed by atoms with van der Waals surface area (Å²) < 4.78 is 0. The zero-order chi connectivity index (χ0) is 9.52.